The van der Waals surface area contributed by atoms with Gasteiger partial charge in [-0.05, 0) is 19.1 Å². The third-order valence-corrected chi connectivity index (χ3v) is 5.11. The van der Waals surface area contributed by atoms with Gasteiger partial charge in [0.2, 0.25) is 5.91 Å². The first-order valence-electron chi connectivity index (χ1n) is 9.37. The second kappa shape index (κ2) is 7.68. The van der Waals surface area contributed by atoms with E-state index in [0.717, 1.165) is 22.5 Å². The number of anilines is 1. The summed E-state index contributed by atoms with van der Waals surface area (Å²) in [5.74, 6) is -0.0131. The molecule has 2 N–H and O–H groups in total. The van der Waals surface area contributed by atoms with E-state index in [2.05, 4.69) is 15.5 Å². The average molecular weight is 374 g/mol. The van der Waals surface area contributed by atoms with Gasteiger partial charge in [-0.3, -0.25) is 14.7 Å². The van der Waals surface area contributed by atoms with Crippen molar-refractivity contribution in [1.29, 1.82) is 0 Å². The molecule has 1 fully saturated rings. The fourth-order valence-electron chi connectivity index (χ4n) is 3.60. The van der Waals surface area contributed by atoms with Crippen molar-refractivity contribution in [3.63, 3.8) is 0 Å². The molecule has 2 amide bonds. The molecule has 3 aromatic rings. The lowest BCUT2D eigenvalue weighted by Crippen LogP contribution is -2.31. The number of H-pyrrole nitrogens is 1. The highest BCUT2D eigenvalue weighted by Gasteiger charge is 2.31. The van der Waals surface area contributed by atoms with Crippen LogP contribution in [-0.2, 0) is 4.79 Å². The highest BCUT2D eigenvalue weighted by molar-refractivity contribution is 5.97. The number of carbonyl (C=O) groups excluding carboxylic acids is 2. The van der Waals surface area contributed by atoms with Gasteiger partial charge in [0.25, 0.3) is 5.91 Å². The van der Waals surface area contributed by atoms with Gasteiger partial charge in [-0.25, -0.2) is 0 Å². The zero-order valence-corrected chi connectivity index (χ0v) is 15.7. The van der Waals surface area contributed by atoms with Gasteiger partial charge < -0.3 is 10.2 Å². The van der Waals surface area contributed by atoms with Crippen molar-refractivity contribution in [2.24, 2.45) is 5.92 Å². The van der Waals surface area contributed by atoms with Crippen LogP contribution in [0.3, 0.4) is 0 Å². The lowest BCUT2D eigenvalue weighted by atomic mass is 10.1. The molecule has 28 heavy (non-hydrogen) atoms. The van der Waals surface area contributed by atoms with Crippen LogP contribution in [0.4, 0.5) is 5.69 Å². The molecule has 0 bridgehead atoms. The van der Waals surface area contributed by atoms with Crippen LogP contribution in [0, 0.1) is 12.8 Å². The van der Waals surface area contributed by atoms with Crippen molar-refractivity contribution in [1.82, 2.24) is 15.5 Å². The minimum Gasteiger partial charge on any atom is -0.350 e. The predicted molar refractivity (Wildman–Crippen MR) is 108 cm³/mol. The van der Waals surface area contributed by atoms with Crippen molar-refractivity contribution >= 4 is 17.5 Å². The SMILES string of the molecule is Cc1c(-c2ccccc2)n[nH]c1C(=O)NC[C@@H]1CC(=O)N(c2ccccc2)C1. The van der Waals surface area contributed by atoms with Crippen molar-refractivity contribution in [3.05, 3.63) is 71.9 Å². The lowest BCUT2D eigenvalue weighted by molar-refractivity contribution is -0.117. The standard InChI is InChI=1S/C22H22N4O2/c1-15-20(17-8-4-2-5-9-17)24-25-21(15)22(28)23-13-16-12-19(27)26(14-16)18-10-6-3-7-11-18/h2-11,16H,12-14H2,1H3,(H,23,28)(H,24,25)/t16-/m0/s1. The first-order chi connectivity index (χ1) is 13.6. The molecular weight excluding hydrogens is 352 g/mol. The molecule has 0 saturated carbocycles. The molecule has 0 unspecified atom stereocenters. The molecule has 0 aliphatic carbocycles. The third kappa shape index (κ3) is 3.53. The fourth-order valence-corrected chi connectivity index (χ4v) is 3.60. The Balaban J connectivity index is 1.39. The smallest absolute Gasteiger partial charge is 0.269 e. The van der Waals surface area contributed by atoms with E-state index in [1.807, 2.05) is 67.6 Å². The van der Waals surface area contributed by atoms with Crippen LogP contribution in [0.1, 0.15) is 22.5 Å². The minimum atomic E-state index is -0.196. The summed E-state index contributed by atoms with van der Waals surface area (Å²) in [5.41, 5.74) is 3.92. The Kier molecular flexibility index (Phi) is 4.93. The molecule has 1 aromatic heterocycles. The van der Waals surface area contributed by atoms with Gasteiger partial charge in [-0.1, -0.05) is 48.5 Å². The number of nitrogens with one attached hydrogen (secondary N) is 2. The normalized spacial score (nSPS) is 16.4. The molecule has 6 nitrogen and oxygen atoms in total. The monoisotopic (exact) mass is 374 g/mol. The summed E-state index contributed by atoms with van der Waals surface area (Å²) >= 11 is 0. The molecular formula is C22H22N4O2. The highest BCUT2D eigenvalue weighted by Crippen LogP contribution is 2.25. The molecule has 1 atom stereocenters. The summed E-state index contributed by atoms with van der Waals surface area (Å²) < 4.78 is 0. The zero-order chi connectivity index (χ0) is 19.5. The number of hydrogen-bond donors (Lipinski definition) is 2. The largest absolute Gasteiger partial charge is 0.350 e. The van der Waals surface area contributed by atoms with Crippen LogP contribution >= 0.6 is 0 Å². The third-order valence-electron chi connectivity index (χ3n) is 5.11. The Bertz CT molecular complexity index is 982. The number of rotatable bonds is 5. The lowest BCUT2D eigenvalue weighted by Gasteiger charge is -2.16. The summed E-state index contributed by atoms with van der Waals surface area (Å²) in [4.78, 5) is 26.7. The Morgan fingerprint density at radius 3 is 2.54 bits per heavy atom. The maximum absolute atomic E-state index is 12.6. The molecule has 4 rings (SSSR count). The number of aromatic nitrogens is 2. The number of para-hydroxylation sites is 1. The van der Waals surface area contributed by atoms with E-state index in [9.17, 15) is 9.59 Å². The Hall–Kier alpha value is -3.41. The van der Waals surface area contributed by atoms with Crippen molar-refractivity contribution in [2.45, 2.75) is 13.3 Å². The predicted octanol–water partition coefficient (Wildman–Crippen LogP) is 3.17. The second-order valence-corrected chi connectivity index (χ2v) is 7.06. The maximum atomic E-state index is 12.6. The second-order valence-electron chi connectivity index (χ2n) is 7.06. The van der Waals surface area contributed by atoms with Gasteiger partial charge in [0, 0.05) is 42.2 Å². The van der Waals surface area contributed by atoms with Gasteiger partial charge in [-0.15, -0.1) is 0 Å². The molecule has 2 heterocycles. The first kappa shape index (κ1) is 18.0. The number of carbonyl (C=O) groups is 2. The summed E-state index contributed by atoms with van der Waals surface area (Å²) in [6.07, 6.45) is 0.437. The van der Waals surface area contributed by atoms with Gasteiger partial charge >= 0.3 is 0 Å². The number of amides is 2. The van der Waals surface area contributed by atoms with Crippen LogP contribution in [-0.4, -0.2) is 35.1 Å². The van der Waals surface area contributed by atoms with E-state index in [1.165, 1.54) is 0 Å². The van der Waals surface area contributed by atoms with E-state index < -0.39 is 0 Å². The van der Waals surface area contributed by atoms with E-state index >= 15 is 0 Å². The van der Waals surface area contributed by atoms with Crippen molar-refractivity contribution in [3.8, 4) is 11.3 Å². The Labute approximate surface area is 163 Å². The molecule has 6 heteroatoms. The van der Waals surface area contributed by atoms with Gasteiger partial charge in [0.05, 0.1) is 5.69 Å². The minimum absolute atomic E-state index is 0.0912. The first-order valence-corrected chi connectivity index (χ1v) is 9.37. The van der Waals surface area contributed by atoms with Crippen LogP contribution in [0.5, 0.6) is 0 Å². The zero-order valence-electron chi connectivity index (χ0n) is 15.7. The van der Waals surface area contributed by atoms with Crippen LogP contribution in [0.25, 0.3) is 11.3 Å². The summed E-state index contributed by atoms with van der Waals surface area (Å²) in [6, 6.07) is 19.4. The van der Waals surface area contributed by atoms with Crippen molar-refractivity contribution < 1.29 is 9.59 Å². The van der Waals surface area contributed by atoms with Gasteiger partial charge in [0.15, 0.2) is 0 Å². The van der Waals surface area contributed by atoms with Crippen molar-refractivity contribution in [2.75, 3.05) is 18.0 Å². The summed E-state index contributed by atoms with van der Waals surface area (Å²) in [6.45, 7) is 2.95. The number of nitrogens with zero attached hydrogens (tertiary/aromatic N) is 2. The van der Waals surface area contributed by atoms with Crippen LogP contribution in [0.2, 0.25) is 0 Å². The Morgan fingerprint density at radius 2 is 1.82 bits per heavy atom. The molecule has 0 radical (unpaired) electrons. The average Bonchev–Trinajstić information content (AvgIpc) is 3.30. The molecule has 2 aromatic carbocycles. The van der Waals surface area contributed by atoms with Crippen LogP contribution in [0.15, 0.2) is 60.7 Å². The number of aromatic amines is 1. The van der Waals surface area contributed by atoms with Gasteiger partial charge in [0.1, 0.15) is 5.69 Å². The highest BCUT2D eigenvalue weighted by atomic mass is 16.2. The Morgan fingerprint density at radius 1 is 1.14 bits per heavy atom. The summed E-state index contributed by atoms with van der Waals surface area (Å²) in [7, 11) is 0. The number of hydrogen-bond acceptors (Lipinski definition) is 3. The van der Waals surface area contributed by atoms with E-state index in [0.29, 0.717) is 25.2 Å². The molecule has 142 valence electrons. The van der Waals surface area contributed by atoms with Crippen LogP contribution < -0.4 is 10.2 Å². The number of benzene rings is 2. The molecule has 1 aliphatic rings. The van der Waals surface area contributed by atoms with E-state index in [-0.39, 0.29) is 17.7 Å². The fraction of sp³-hybridized carbons (Fsp3) is 0.227. The van der Waals surface area contributed by atoms with Gasteiger partial charge in [-0.2, -0.15) is 5.10 Å². The quantitative estimate of drug-likeness (QED) is 0.720. The van der Waals surface area contributed by atoms with E-state index in [1.54, 1.807) is 4.90 Å². The topological polar surface area (TPSA) is 78.1 Å². The molecule has 0 spiro atoms. The van der Waals surface area contributed by atoms with E-state index in [4.69, 9.17) is 0 Å². The summed E-state index contributed by atoms with van der Waals surface area (Å²) in [5, 5.41) is 10.1. The molecule has 1 saturated heterocycles. The maximum Gasteiger partial charge on any atom is 0.269 e. The molecule has 1 aliphatic heterocycles.